The van der Waals surface area contributed by atoms with Crippen molar-refractivity contribution in [1.82, 2.24) is 10.2 Å². The number of carboxylic acids is 1. The Morgan fingerprint density at radius 2 is 1.95 bits per heavy atom. The van der Waals surface area contributed by atoms with E-state index in [1.165, 1.54) is 4.90 Å². The Balaban J connectivity index is 1.85. The second kappa shape index (κ2) is 6.78. The van der Waals surface area contributed by atoms with Gasteiger partial charge in [-0.15, -0.1) is 0 Å². The summed E-state index contributed by atoms with van der Waals surface area (Å²) in [7, 11) is 0. The minimum atomic E-state index is -0.808. The number of esters is 1. The highest BCUT2D eigenvalue weighted by Crippen LogP contribution is 2.29. The molecule has 0 aromatic heterocycles. The molecule has 2 fully saturated rings. The van der Waals surface area contributed by atoms with E-state index in [0.717, 1.165) is 12.8 Å². The number of carboxylic acid groups (broad SMARTS) is 1. The zero-order chi connectivity index (χ0) is 15.4. The van der Waals surface area contributed by atoms with Crippen molar-refractivity contribution in [3.63, 3.8) is 0 Å². The zero-order valence-corrected chi connectivity index (χ0v) is 12.2. The van der Waals surface area contributed by atoms with Gasteiger partial charge in [0.2, 0.25) is 0 Å². The van der Waals surface area contributed by atoms with Crippen molar-refractivity contribution in [2.45, 2.75) is 51.1 Å². The highest BCUT2D eigenvalue weighted by atomic mass is 16.5. The molecule has 0 spiro atoms. The number of hydrogen-bond donors (Lipinski definition) is 2. The molecule has 2 rings (SSSR count). The molecule has 7 heteroatoms. The topological polar surface area (TPSA) is 95.9 Å². The molecular formula is C14H22N2O5. The molecule has 0 radical (unpaired) electrons. The van der Waals surface area contributed by atoms with Crippen LogP contribution in [0.25, 0.3) is 0 Å². The Morgan fingerprint density at radius 1 is 1.24 bits per heavy atom. The standard InChI is InChI=1S/C14H22N2O5/c1-2-21-12(17)8-16(11-5-6-11)14(20)15-10-4-3-9(7-10)13(18)19/h9-11H,2-8H2,1H3,(H,15,20)(H,18,19). The van der Waals surface area contributed by atoms with E-state index >= 15 is 0 Å². The number of carbonyl (C=O) groups is 3. The van der Waals surface area contributed by atoms with Gasteiger partial charge in [0.1, 0.15) is 6.54 Å². The molecule has 7 nitrogen and oxygen atoms in total. The highest BCUT2D eigenvalue weighted by molar-refractivity contribution is 5.82. The molecule has 21 heavy (non-hydrogen) atoms. The third-order valence-corrected chi connectivity index (χ3v) is 3.96. The van der Waals surface area contributed by atoms with Crippen molar-refractivity contribution in [3.8, 4) is 0 Å². The Labute approximate surface area is 123 Å². The van der Waals surface area contributed by atoms with Gasteiger partial charge in [-0.2, -0.15) is 0 Å². The summed E-state index contributed by atoms with van der Waals surface area (Å²) >= 11 is 0. The number of rotatable bonds is 6. The Kier molecular flexibility index (Phi) is 5.03. The summed E-state index contributed by atoms with van der Waals surface area (Å²) in [5.41, 5.74) is 0. The van der Waals surface area contributed by atoms with Gasteiger partial charge in [-0.1, -0.05) is 0 Å². The van der Waals surface area contributed by atoms with Gasteiger partial charge in [0, 0.05) is 12.1 Å². The van der Waals surface area contributed by atoms with E-state index in [1.54, 1.807) is 6.92 Å². The van der Waals surface area contributed by atoms with Crippen molar-refractivity contribution in [2.24, 2.45) is 5.92 Å². The van der Waals surface area contributed by atoms with Crippen LogP contribution in [0.3, 0.4) is 0 Å². The summed E-state index contributed by atoms with van der Waals surface area (Å²) in [5.74, 6) is -1.60. The third-order valence-electron chi connectivity index (χ3n) is 3.96. The van der Waals surface area contributed by atoms with Gasteiger partial charge < -0.3 is 20.1 Å². The molecule has 0 bridgehead atoms. The van der Waals surface area contributed by atoms with E-state index in [9.17, 15) is 14.4 Å². The molecule has 0 aliphatic heterocycles. The van der Waals surface area contributed by atoms with Crippen LogP contribution in [-0.2, 0) is 14.3 Å². The molecule has 2 aliphatic carbocycles. The van der Waals surface area contributed by atoms with Crippen molar-refractivity contribution in [2.75, 3.05) is 13.2 Å². The minimum absolute atomic E-state index is 0.0422. The molecule has 2 saturated carbocycles. The quantitative estimate of drug-likeness (QED) is 0.713. The first-order valence-electron chi connectivity index (χ1n) is 7.46. The van der Waals surface area contributed by atoms with Crippen LogP contribution in [0.4, 0.5) is 4.79 Å². The summed E-state index contributed by atoms with van der Waals surface area (Å²) < 4.78 is 4.88. The SMILES string of the molecule is CCOC(=O)CN(C(=O)NC1CCC(C(=O)O)C1)C1CC1. The molecule has 0 saturated heterocycles. The van der Waals surface area contributed by atoms with Crippen LogP contribution in [0.5, 0.6) is 0 Å². The monoisotopic (exact) mass is 298 g/mol. The van der Waals surface area contributed by atoms with Crippen LogP contribution in [0.1, 0.15) is 39.0 Å². The van der Waals surface area contributed by atoms with E-state index in [-0.39, 0.29) is 30.6 Å². The molecule has 0 aromatic carbocycles. The summed E-state index contributed by atoms with van der Waals surface area (Å²) in [6.45, 7) is 1.98. The Hall–Kier alpha value is -1.79. The predicted molar refractivity (Wildman–Crippen MR) is 73.7 cm³/mol. The molecule has 2 amide bonds. The van der Waals surface area contributed by atoms with Gasteiger partial charge in [-0.3, -0.25) is 9.59 Å². The largest absolute Gasteiger partial charge is 0.481 e. The first kappa shape index (κ1) is 15.6. The molecule has 2 atom stereocenters. The number of ether oxygens (including phenoxy) is 1. The van der Waals surface area contributed by atoms with Gasteiger partial charge in [0.15, 0.2) is 0 Å². The van der Waals surface area contributed by atoms with Crippen LogP contribution in [0.15, 0.2) is 0 Å². The normalized spacial score (nSPS) is 24.4. The molecule has 2 N–H and O–H groups in total. The van der Waals surface area contributed by atoms with Crippen molar-refractivity contribution >= 4 is 18.0 Å². The molecule has 0 heterocycles. The maximum absolute atomic E-state index is 12.3. The number of hydrogen-bond acceptors (Lipinski definition) is 4. The molecule has 2 unspecified atom stereocenters. The van der Waals surface area contributed by atoms with Gasteiger partial charge in [-0.05, 0) is 39.0 Å². The Morgan fingerprint density at radius 3 is 2.48 bits per heavy atom. The molecule has 118 valence electrons. The summed E-state index contributed by atoms with van der Waals surface area (Å²) in [6, 6.07) is -0.310. The lowest BCUT2D eigenvalue weighted by Crippen LogP contribution is -2.47. The number of nitrogens with zero attached hydrogens (tertiary/aromatic N) is 1. The first-order chi connectivity index (χ1) is 10.0. The number of aliphatic carboxylic acids is 1. The number of nitrogens with one attached hydrogen (secondary N) is 1. The zero-order valence-electron chi connectivity index (χ0n) is 12.2. The van der Waals surface area contributed by atoms with E-state index in [1.807, 2.05) is 0 Å². The van der Waals surface area contributed by atoms with Crippen LogP contribution in [0, 0.1) is 5.92 Å². The van der Waals surface area contributed by atoms with Crippen molar-refractivity contribution in [3.05, 3.63) is 0 Å². The number of urea groups is 1. The lowest BCUT2D eigenvalue weighted by Gasteiger charge is -2.24. The van der Waals surface area contributed by atoms with Gasteiger partial charge in [0.25, 0.3) is 0 Å². The molecule has 0 aromatic rings. The predicted octanol–water partition coefficient (Wildman–Crippen LogP) is 0.977. The van der Waals surface area contributed by atoms with Crippen LogP contribution < -0.4 is 5.32 Å². The summed E-state index contributed by atoms with van der Waals surface area (Å²) in [5, 5.41) is 11.8. The summed E-state index contributed by atoms with van der Waals surface area (Å²) in [4.78, 5) is 36.2. The third kappa shape index (κ3) is 4.34. The molecular weight excluding hydrogens is 276 g/mol. The lowest BCUT2D eigenvalue weighted by atomic mass is 10.1. The van der Waals surface area contributed by atoms with E-state index in [4.69, 9.17) is 9.84 Å². The molecule has 2 aliphatic rings. The van der Waals surface area contributed by atoms with Crippen molar-refractivity contribution < 1.29 is 24.2 Å². The van der Waals surface area contributed by atoms with Crippen molar-refractivity contribution in [1.29, 1.82) is 0 Å². The fraction of sp³-hybridized carbons (Fsp3) is 0.786. The average molecular weight is 298 g/mol. The van der Waals surface area contributed by atoms with E-state index < -0.39 is 11.9 Å². The highest BCUT2D eigenvalue weighted by Gasteiger charge is 2.37. The van der Waals surface area contributed by atoms with E-state index in [0.29, 0.717) is 25.9 Å². The van der Waals surface area contributed by atoms with Gasteiger partial charge >= 0.3 is 18.0 Å². The summed E-state index contributed by atoms with van der Waals surface area (Å²) in [6.07, 6.45) is 3.51. The number of amides is 2. The van der Waals surface area contributed by atoms with E-state index in [2.05, 4.69) is 5.32 Å². The van der Waals surface area contributed by atoms with Gasteiger partial charge in [0.05, 0.1) is 12.5 Å². The smallest absolute Gasteiger partial charge is 0.325 e. The maximum atomic E-state index is 12.3. The second-order valence-electron chi connectivity index (χ2n) is 5.66. The fourth-order valence-electron chi connectivity index (χ4n) is 2.69. The lowest BCUT2D eigenvalue weighted by molar-refractivity contribution is -0.144. The fourth-order valence-corrected chi connectivity index (χ4v) is 2.69. The van der Waals surface area contributed by atoms with Crippen LogP contribution in [0.2, 0.25) is 0 Å². The van der Waals surface area contributed by atoms with Gasteiger partial charge in [-0.25, -0.2) is 4.79 Å². The Bertz CT molecular complexity index is 422. The average Bonchev–Trinajstić information content (AvgIpc) is 3.15. The number of carbonyl (C=O) groups excluding carboxylic acids is 2. The van der Waals surface area contributed by atoms with Crippen LogP contribution >= 0.6 is 0 Å². The first-order valence-corrected chi connectivity index (χ1v) is 7.46. The second-order valence-corrected chi connectivity index (χ2v) is 5.66. The minimum Gasteiger partial charge on any atom is -0.481 e. The maximum Gasteiger partial charge on any atom is 0.325 e. The van der Waals surface area contributed by atoms with Crippen LogP contribution in [-0.4, -0.2) is 53.2 Å².